The molecule has 5 aromatic rings. The number of pyridine rings is 1. The third kappa shape index (κ3) is 3.19. The zero-order chi connectivity index (χ0) is 22.4. The topological polar surface area (TPSA) is 65.6 Å². The van der Waals surface area contributed by atoms with Crippen LogP contribution in [0.4, 0.5) is 0 Å². The molecular weight excluding hydrogens is 422 g/mol. The van der Waals surface area contributed by atoms with E-state index >= 15 is 0 Å². The van der Waals surface area contributed by atoms with E-state index in [1.807, 2.05) is 63.2 Å². The SMILES string of the molecule is CCc1ncnc2c1c(Cl)nn2Cc1cc2cccc(C)c2c(=O)n1-c1ccccc1C. The molecular formula is C25H22ClN5O. The van der Waals surface area contributed by atoms with Gasteiger partial charge in [-0.05, 0) is 48.9 Å². The lowest BCUT2D eigenvalue weighted by Crippen LogP contribution is -2.25. The Morgan fingerprint density at radius 1 is 0.969 bits per heavy atom. The van der Waals surface area contributed by atoms with E-state index in [1.54, 1.807) is 9.25 Å². The fraction of sp³-hybridized carbons (Fsp3) is 0.200. The highest BCUT2D eigenvalue weighted by Crippen LogP contribution is 2.26. The fourth-order valence-corrected chi connectivity index (χ4v) is 4.62. The molecule has 0 fully saturated rings. The molecule has 0 amide bonds. The van der Waals surface area contributed by atoms with Gasteiger partial charge >= 0.3 is 0 Å². The molecule has 160 valence electrons. The number of rotatable bonds is 4. The van der Waals surface area contributed by atoms with Gasteiger partial charge < -0.3 is 0 Å². The second-order valence-electron chi connectivity index (χ2n) is 7.92. The standard InChI is InChI=1S/C25H22ClN5O/c1-4-19-22-23(26)29-30(24(22)28-14-27-19)13-18-12-17-10-7-9-16(3)21(17)25(32)31(18)20-11-6-5-8-15(20)2/h5-12,14H,4,13H2,1-3H3. The third-order valence-electron chi connectivity index (χ3n) is 5.90. The van der Waals surface area contributed by atoms with Crippen molar-refractivity contribution in [3.63, 3.8) is 0 Å². The number of hydrogen-bond acceptors (Lipinski definition) is 4. The number of aromatic nitrogens is 5. The maximum Gasteiger partial charge on any atom is 0.263 e. The first kappa shape index (κ1) is 20.4. The maximum absolute atomic E-state index is 13.8. The van der Waals surface area contributed by atoms with Crippen molar-refractivity contribution < 1.29 is 0 Å². The molecule has 5 rings (SSSR count). The second-order valence-corrected chi connectivity index (χ2v) is 8.28. The summed E-state index contributed by atoms with van der Waals surface area (Å²) in [7, 11) is 0. The highest BCUT2D eigenvalue weighted by molar-refractivity contribution is 6.34. The molecule has 0 bridgehead atoms. The maximum atomic E-state index is 13.8. The van der Waals surface area contributed by atoms with Gasteiger partial charge in [0, 0.05) is 5.69 Å². The van der Waals surface area contributed by atoms with Crippen LogP contribution in [0.2, 0.25) is 5.15 Å². The first-order chi connectivity index (χ1) is 15.5. The number of hydrogen-bond donors (Lipinski definition) is 0. The predicted octanol–water partition coefficient (Wildman–Crippen LogP) is 5.01. The smallest absolute Gasteiger partial charge is 0.263 e. The van der Waals surface area contributed by atoms with Gasteiger partial charge in [0.15, 0.2) is 10.8 Å². The van der Waals surface area contributed by atoms with E-state index in [0.717, 1.165) is 50.8 Å². The number of nitrogens with zero attached hydrogens (tertiary/aromatic N) is 5. The summed E-state index contributed by atoms with van der Waals surface area (Å²) in [5, 5.41) is 7.30. The van der Waals surface area contributed by atoms with Gasteiger partial charge in [0.05, 0.1) is 28.7 Å². The van der Waals surface area contributed by atoms with Crippen LogP contribution in [0.15, 0.2) is 59.7 Å². The molecule has 0 radical (unpaired) electrons. The molecule has 2 aromatic carbocycles. The average Bonchev–Trinajstić information content (AvgIpc) is 3.10. The van der Waals surface area contributed by atoms with Gasteiger partial charge in [0.25, 0.3) is 5.56 Å². The Labute approximate surface area is 190 Å². The first-order valence-electron chi connectivity index (χ1n) is 10.6. The second kappa shape index (κ2) is 7.88. The summed E-state index contributed by atoms with van der Waals surface area (Å²) < 4.78 is 3.54. The van der Waals surface area contributed by atoms with Crippen LogP contribution in [0.3, 0.4) is 0 Å². The van der Waals surface area contributed by atoms with E-state index < -0.39 is 0 Å². The zero-order valence-corrected chi connectivity index (χ0v) is 18.9. The van der Waals surface area contributed by atoms with Gasteiger partial charge in [-0.15, -0.1) is 0 Å². The Kier molecular flexibility index (Phi) is 5.02. The van der Waals surface area contributed by atoms with Crippen molar-refractivity contribution in [3.8, 4) is 5.69 Å². The lowest BCUT2D eigenvalue weighted by molar-refractivity contribution is 0.669. The summed E-state index contributed by atoms with van der Waals surface area (Å²) in [5.74, 6) is 0. The van der Waals surface area contributed by atoms with Gasteiger partial charge in [-0.3, -0.25) is 9.36 Å². The van der Waals surface area contributed by atoms with Gasteiger partial charge in [0.1, 0.15) is 6.33 Å². The Hall–Kier alpha value is -3.51. The largest absolute Gasteiger partial charge is 0.279 e. The van der Waals surface area contributed by atoms with Crippen LogP contribution in [0.25, 0.3) is 27.5 Å². The molecule has 3 aromatic heterocycles. The van der Waals surface area contributed by atoms with Crippen LogP contribution in [-0.4, -0.2) is 24.3 Å². The molecule has 0 aliphatic rings. The molecule has 3 heterocycles. The quantitative estimate of drug-likeness (QED) is 0.391. The summed E-state index contributed by atoms with van der Waals surface area (Å²) in [6.07, 6.45) is 2.27. The van der Waals surface area contributed by atoms with Crippen LogP contribution < -0.4 is 5.56 Å². The molecule has 0 saturated heterocycles. The van der Waals surface area contributed by atoms with Crippen LogP contribution in [0.5, 0.6) is 0 Å². The summed E-state index contributed by atoms with van der Waals surface area (Å²) >= 11 is 6.48. The monoisotopic (exact) mass is 443 g/mol. The minimum Gasteiger partial charge on any atom is -0.279 e. The van der Waals surface area contributed by atoms with Gasteiger partial charge in [0.2, 0.25) is 0 Å². The summed E-state index contributed by atoms with van der Waals surface area (Å²) in [4.78, 5) is 22.6. The molecule has 0 saturated carbocycles. The van der Waals surface area contributed by atoms with Crippen molar-refractivity contribution in [2.75, 3.05) is 0 Å². The normalized spacial score (nSPS) is 11.5. The lowest BCUT2D eigenvalue weighted by Gasteiger charge is -2.17. The van der Waals surface area contributed by atoms with Crippen molar-refractivity contribution in [3.05, 3.63) is 92.9 Å². The lowest BCUT2D eigenvalue weighted by atomic mass is 10.1. The van der Waals surface area contributed by atoms with E-state index in [0.29, 0.717) is 17.3 Å². The summed E-state index contributed by atoms with van der Waals surface area (Å²) in [6.45, 7) is 6.35. The van der Waals surface area contributed by atoms with Gasteiger partial charge in [-0.2, -0.15) is 5.10 Å². The summed E-state index contributed by atoms with van der Waals surface area (Å²) in [5.41, 5.74) is 5.10. The minimum absolute atomic E-state index is 0.0451. The molecule has 32 heavy (non-hydrogen) atoms. The van der Waals surface area contributed by atoms with Crippen molar-refractivity contribution >= 4 is 33.4 Å². The summed E-state index contributed by atoms with van der Waals surface area (Å²) in [6, 6.07) is 15.9. The Balaban J connectivity index is 1.80. The van der Waals surface area contributed by atoms with E-state index in [4.69, 9.17) is 11.6 Å². The molecule has 0 aliphatic carbocycles. The third-order valence-corrected chi connectivity index (χ3v) is 6.16. The van der Waals surface area contributed by atoms with Crippen molar-refractivity contribution in [2.45, 2.75) is 33.7 Å². The molecule has 7 heteroatoms. The van der Waals surface area contributed by atoms with Gasteiger partial charge in [-0.1, -0.05) is 54.9 Å². The Morgan fingerprint density at radius 2 is 1.75 bits per heavy atom. The number of fused-ring (bicyclic) bond motifs is 2. The van der Waals surface area contributed by atoms with E-state index in [2.05, 4.69) is 21.1 Å². The molecule has 0 unspecified atom stereocenters. The molecule has 6 nitrogen and oxygen atoms in total. The molecule has 0 spiro atoms. The van der Waals surface area contributed by atoms with E-state index in [9.17, 15) is 4.79 Å². The minimum atomic E-state index is -0.0451. The zero-order valence-electron chi connectivity index (χ0n) is 18.1. The Morgan fingerprint density at radius 3 is 2.53 bits per heavy atom. The van der Waals surface area contributed by atoms with E-state index in [-0.39, 0.29) is 5.56 Å². The highest BCUT2D eigenvalue weighted by atomic mass is 35.5. The van der Waals surface area contributed by atoms with Gasteiger partial charge in [-0.25, -0.2) is 14.6 Å². The van der Waals surface area contributed by atoms with Crippen LogP contribution in [-0.2, 0) is 13.0 Å². The predicted molar refractivity (Wildman–Crippen MR) is 128 cm³/mol. The fourth-order valence-electron chi connectivity index (χ4n) is 4.34. The number of aryl methyl sites for hydroxylation is 3. The van der Waals surface area contributed by atoms with Crippen LogP contribution >= 0.6 is 11.6 Å². The van der Waals surface area contributed by atoms with Crippen molar-refractivity contribution in [1.29, 1.82) is 0 Å². The van der Waals surface area contributed by atoms with Crippen molar-refractivity contribution in [1.82, 2.24) is 24.3 Å². The highest BCUT2D eigenvalue weighted by Gasteiger charge is 2.18. The Bertz CT molecular complexity index is 1550. The van der Waals surface area contributed by atoms with Crippen LogP contribution in [0.1, 0.15) is 29.4 Å². The van der Waals surface area contributed by atoms with Crippen LogP contribution in [0, 0.1) is 13.8 Å². The van der Waals surface area contributed by atoms with Crippen molar-refractivity contribution in [2.24, 2.45) is 0 Å². The molecule has 0 N–H and O–H groups in total. The molecule has 0 atom stereocenters. The number of para-hydroxylation sites is 1. The van der Waals surface area contributed by atoms with E-state index in [1.165, 1.54) is 6.33 Å². The number of halogens is 1. The number of benzene rings is 2. The first-order valence-corrected chi connectivity index (χ1v) is 10.9. The average molecular weight is 444 g/mol. The molecule has 0 aliphatic heterocycles.